The van der Waals surface area contributed by atoms with Crippen LogP contribution >= 0.6 is 27.5 Å². The Morgan fingerprint density at radius 2 is 1.88 bits per heavy atom. The molecule has 8 heteroatoms. The molecule has 24 heavy (non-hydrogen) atoms. The molecule has 2 aromatic rings. The molecule has 0 saturated heterocycles. The third-order valence-electron chi connectivity index (χ3n) is 3.39. The van der Waals surface area contributed by atoms with E-state index in [1.54, 1.807) is 37.3 Å². The molecule has 2 rings (SSSR count). The van der Waals surface area contributed by atoms with Gasteiger partial charge in [-0.05, 0) is 48.4 Å². The van der Waals surface area contributed by atoms with E-state index in [1.807, 2.05) is 0 Å². The van der Waals surface area contributed by atoms with Gasteiger partial charge in [-0.2, -0.15) is 0 Å². The molecule has 2 aromatic carbocycles. The van der Waals surface area contributed by atoms with Crippen LogP contribution in [0.5, 0.6) is 0 Å². The zero-order chi connectivity index (χ0) is 17.9. The quantitative estimate of drug-likeness (QED) is 0.725. The van der Waals surface area contributed by atoms with Gasteiger partial charge in [0.25, 0.3) is 0 Å². The van der Waals surface area contributed by atoms with Crippen LogP contribution < -0.4 is 4.72 Å². The first-order valence-electron chi connectivity index (χ1n) is 6.95. The second kappa shape index (κ2) is 7.65. The number of sulfonamides is 1. The van der Waals surface area contributed by atoms with Crippen LogP contribution in [0.4, 0.5) is 0 Å². The first-order valence-corrected chi connectivity index (χ1v) is 9.60. The molecule has 0 saturated carbocycles. The highest BCUT2D eigenvalue weighted by atomic mass is 79.9. The normalized spacial score (nSPS) is 12.8. The molecule has 0 amide bonds. The van der Waals surface area contributed by atoms with Crippen molar-refractivity contribution in [1.29, 1.82) is 0 Å². The summed E-state index contributed by atoms with van der Waals surface area (Å²) in [6, 6.07) is 10.1. The maximum Gasteiger partial charge on any atom is 0.305 e. The van der Waals surface area contributed by atoms with Crippen molar-refractivity contribution in [2.75, 3.05) is 0 Å². The van der Waals surface area contributed by atoms with Crippen molar-refractivity contribution in [3.63, 3.8) is 0 Å². The van der Waals surface area contributed by atoms with Crippen LogP contribution in [-0.4, -0.2) is 19.5 Å². The summed E-state index contributed by atoms with van der Waals surface area (Å²) in [4.78, 5) is 11.2. The lowest BCUT2D eigenvalue weighted by atomic mass is 10.1. The van der Waals surface area contributed by atoms with Crippen molar-refractivity contribution >= 4 is 43.5 Å². The SMILES string of the molecule is Cc1cc(S(=O)(=O)NC(CC(=O)O)c2ccc(Cl)cc2)ccc1Br. The summed E-state index contributed by atoms with van der Waals surface area (Å²) in [5.41, 5.74) is 1.29. The van der Waals surface area contributed by atoms with Crippen molar-refractivity contribution in [3.8, 4) is 0 Å². The van der Waals surface area contributed by atoms with Gasteiger partial charge in [-0.25, -0.2) is 13.1 Å². The zero-order valence-corrected chi connectivity index (χ0v) is 15.8. The van der Waals surface area contributed by atoms with Gasteiger partial charge in [0.05, 0.1) is 17.4 Å². The van der Waals surface area contributed by atoms with Gasteiger partial charge in [-0.1, -0.05) is 39.7 Å². The molecule has 0 fully saturated rings. The van der Waals surface area contributed by atoms with Crippen molar-refractivity contribution in [2.45, 2.75) is 24.3 Å². The molecule has 0 aliphatic carbocycles. The van der Waals surface area contributed by atoms with Crippen molar-refractivity contribution < 1.29 is 18.3 Å². The van der Waals surface area contributed by atoms with Crippen LogP contribution in [0, 0.1) is 6.92 Å². The van der Waals surface area contributed by atoms with Crippen molar-refractivity contribution in [3.05, 3.63) is 63.1 Å². The summed E-state index contributed by atoms with van der Waals surface area (Å²) in [6.07, 6.45) is -0.379. The minimum Gasteiger partial charge on any atom is -0.481 e. The van der Waals surface area contributed by atoms with Gasteiger partial charge in [0.15, 0.2) is 0 Å². The third kappa shape index (κ3) is 4.80. The fraction of sp³-hybridized carbons (Fsp3) is 0.188. The summed E-state index contributed by atoms with van der Waals surface area (Å²) >= 11 is 9.14. The molecule has 0 aliphatic heterocycles. The first-order chi connectivity index (χ1) is 11.2. The Morgan fingerprint density at radius 3 is 2.42 bits per heavy atom. The molecule has 0 spiro atoms. The first kappa shape index (κ1) is 18.9. The number of halogens is 2. The van der Waals surface area contributed by atoms with Gasteiger partial charge in [-0.3, -0.25) is 4.79 Å². The van der Waals surface area contributed by atoms with Gasteiger partial charge in [0, 0.05) is 9.50 Å². The number of hydrogen-bond acceptors (Lipinski definition) is 3. The molecule has 0 aromatic heterocycles. The van der Waals surface area contributed by atoms with Crippen LogP contribution in [-0.2, 0) is 14.8 Å². The summed E-state index contributed by atoms with van der Waals surface area (Å²) in [5.74, 6) is -1.11. The fourth-order valence-electron chi connectivity index (χ4n) is 2.14. The Hall–Kier alpha value is -1.41. The van der Waals surface area contributed by atoms with E-state index in [2.05, 4.69) is 20.7 Å². The highest BCUT2D eigenvalue weighted by Gasteiger charge is 2.24. The van der Waals surface area contributed by atoms with Crippen LogP contribution in [0.15, 0.2) is 51.8 Å². The molecule has 128 valence electrons. The number of hydrogen-bond donors (Lipinski definition) is 2. The molecule has 1 unspecified atom stereocenters. The monoisotopic (exact) mass is 431 g/mol. The average Bonchev–Trinajstić information content (AvgIpc) is 2.49. The van der Waals surface area contributed by atoms with Gasteiger partial charge < -0.3 is 5.11 Å². The van der Waals surface area contributed by atoms with Gasteiger partial charge >= 0.3 is 5.97 Å². The van der Waals surface area contributed by atoms with E-state index in [-0.39, 0.29) is 11.3 Å². The maximum atomic E-state index is 12.6. The molecule has 1 atom stereocenters. The molecule has 0 radical (unpaired) electrons. The molecular formula is C16H15BrClNO4S. The molecular weight excluding hydrogens is 418 g/mol. The van der Waals surface area contributed by atoms with Gasteiger partial charge in [0.2, 0.25) is 10.0 Å². The Balaban J connectivity index is 2.35. The van der Waals surface area contributed by atoms with E-state index in [0.29, 0.717) is 10.6 Å². The fourth-order valence-corrected chi connectivity index (χ4v) is 3.82. The Labute approximate surface area is 153 Å². The number of carboxylic acids is 1. The lowest BCUT2D eigenvalue weighted by molar-refractivity contribution is -0.137. The van der Waals surface area contributed by atoms with E-state index in [4.69, 9.17) is 16.7 Å². The number of aliphatic carboxylic acids is 1. The van der Waals surface area contributed by atoms with E-state index in [1.165, 1.54) is 12.1 Å². The average molecular weight is 433 g/mol. The van der Waals surface area contributed by atoms with E-state index in [9.17, 15) is 13.2 Å². The molecule has 2 N–H and O–H groups in total. The lowest BCUT2D eigenvalue weighted by Gasteiger charge is -2.18. The number of aryl methyl sites for hydroxylation is 1. The predicted molar refractivity (Wildman–Crippen MR) is 95.6 cm³/mol. The molecule has 0 aliphatic rings. The zero-order valence-electron chi connectivity index (χ0n) is 12.7. The summed E-state index contributed by atoms with van der Waals surface area (Å²) < 4.78 is 28.4. The smallest absolute Gasteiger partial charge is 0.305 e. The second-order valence-corrected chi connectivity index (χ2v) is 8.24. The number of rotatable bonds is 6. The number of nitrogens with one attached hydrogen (secondary N) is 1. The second-order valence-electron chi connectivity index (χ2n) is 5.23. The van der Waals surface area contributed by atoms with E-state index in [0.717, 1.165) is 10.0 Å². The van der Waals surface area contributed by atoms with Crippen LogP contribution in [0.25, 0.3) is 0 Å². The molecule has 5 nitrogen and oxygen atoms in total. The topological polar surface area (TPSA) is 83.5 Å². The minimum atomic E-state index is -3.87. The Morgan fingerprint density at radius 1 is 1.25 bits per heavy atom. The van der Waals surface area contributed by atoms with Crippen molar-refractivity contribution in [1.82, 2.24) is 4.72 Å². The minimum absolute atomic E-state index is 0.0764. The molecule has 0 heterocycles. The molecule has 0 bridgehead atoms. The summed E-state index contributed by atoms with van der Waals surface area (Å²) in [6.45, 7) is 1.77. The number of benzene rings is 2. The van der Waals surface area contributed by atoms with E-state index >= 15 is 0 Å². The highest BCUT2D eigenvalue weighted by Crippen LogP contribution is 2.24. The number of carboxylic acid groups (broad SMARTS) is 1. The summed E-state index contributed by atoms with van der Waals surface area (Å²) in [7, 11) is -3.87. The van der Waals surface area contributed by atoms with Crippen LogP contribution in [0.3, 0.4) is 0 Å². The lowest BCUT2D eigenvalue weighted by Crippen LogP contribution is -2.30. The van der Waals surface area contributed by atoms with Crippen molar-refractivity contribution in [2.24, 2.45) is 0 Å². The summed E-state index contributed by atoms with van der Waals surface area (Å²) in [5, 5.41) is 9.57. The third-order valence-corrected chi connectivity index (χ3v) is 6.00. The standard InChI is InChI=1S/C16H15BrClNO4S/c1-10-8-13(6-7-14(10)17)24(22,23)19-15(9-16(20)21)11-2-4-12(18)5-3-11/h2-8,15,19H,9H2,1H3,(H,20,21). The maximum absolute atomic E-state index is 12.6. The highest BCUT2D eigenvalue weighted by molar-refractivity contribution is 9.10. The van der Waals surface area contributed by atoms with Crippen LogP contribution in [0.2, 0.25) is 5.02 Å². The Kier molecular flexibility index (Phi) is 6.03. The van der Waals surface area contributed by atoms with Gasteiger partial charge in [-0.15, -0.1) is 0 Å². The number of carbonyl (C=O) groups is 1. The largest absolute Gasteiger partial charge is 0.481 e. The Bertz CT molecular complexity index is 853. The predicted octanol–water partition coefficient (Wildman–Crippen LogP) is 3.91. The van der Waals surface area contributed by atoms with E-state index < -0.39 is 22.0 Å². The van der Waals surface area contributed by atoms with Crippen LogP contribution in [0.1, 0.15) is 23.6 Å². The van der Waals surface area contributed by atoms with Gasteiger partial charge in [0.1, 0.15) is 0 Å².